The van der Waals surface area contributed by atoms with Crippen molar-refractivity contribution >= 4 is 43.6 Å². The largest absolute Gasteiger partial charge is 0.307 e. The number of rotatable bonds is 5. The SMILES string of the molecule is Cc1ccc(-c2ccc3c4ccccc4n(-c4cncc(-n5c6ccccc6c6ccc(-c7ccc(C)cc7)cc65)c4-c4cccc(C#N)c4)c3c2)cc1. The molecule has 0 bridgehead atoms. The summed E-state index contributed by atoms with van der Waals surface area (Å²) < 4.78 is 4.72. The molecule has 0 fully saturated rings. The molecule has 0 atom stereocenters. The van der Waals surface area contributed by atoms with Gasteiger partial charge in [0.05, 0.1) is 57.5 Å². The summed E-state index contributed by atoms with van der Waals surface area (Å²) in [5.74, 6) is 0. The quantitative estimate of drug-likeness (QED) is 0.180. The van der Waals surface area contributed by atoms with Crippen LogP contribution >= 0.6 is 0 Å². The molecule has 4 heteroatoms. The summed E-state index contributed by atoms with van der Waals surface area (Å²) in [6, 6.07) is 58.5. The Labute approximate surface area is 313 Å². The molecule has 3 heterocycles. The van der Waals surface area contributed by atoms with Gasteiger partial charge in [0.2, 0.25) is 0 Å². The van der Waals surface area contributed by atoms with Gasteiger partial charge in [0.25, 0.3) is 0 Å². The average Bonchev–Trinajstić information content (AvgIpc) is 3.73. The Bertz CT molecular complexity index is 2940. The predicted octanol–water partition coefficient (Wildman–Crippen LogP) is 12.8. The third-order valence-corrected chi connectivity index (χ3v) is 10.8. The number of para-hydroxylation sites is 2. The second kappa shape index (κ2) is 12.5. The number of hydrogen-bond acceptors (Lipinski definition) is 2. The highest BCUT2D eigenvalue weighted by Crippen LogP contribution is 2.43. The van der Waals surface area contributed by atoms with Crippen molar-refractivity contribution in [1.29, 1.82) is 5.26 Å². The summed E-state index contributed by atoms with van der Waals surface area (Å²) in [4.78, 5) is 5.03. The van der Waals surface area contributed by atoms with Crippen molar-refractivity contribution in [3.8, 4) is 50.8 Å². The molecule has 254 valence electrons. The molecule has 0 saturated heterocycles. The maximum Gasteiger partial charge on any atom is 0.0991 e. The van der Waals surface area contributed by atoms with Gasteiger partial charge in [-0.05, 0) is 78.1 Å². The number of hydrogen-bond donors (Lipinski definition) is 0. The Kier molecular flexibility index (Phi) is 7.28. The van der Waals surface area contributed by atoms with E-state index < -0.39 is 0 Å². The van der Waals surface area contributed by atoms with Gasteiger partial charge >= 0.3 is 0 Å². The van der Waals surface area contributed by atoms with Crippen LogP contribution in [-0.2, 0) is 0 Å². The normalized spacial score (nSPS) is 11.5. The lowest BCUT2D eigenvalue weighted by atomic mass is 10.00. The van der Waals surface area contributed by atoms with Crippen molar-refractivity contribution in [2.75, 3.05) is 0 Å². The van der Waals surface area contributed by atoms with Crippen LogP contribution in [0, 0.1) is 25.2 Å². The summed E-state index contributed by atoms with van der Waals surface area (Å²) in [6.45, 7) is 4.24. The second-order valence-corrected chi connectivity index (χ2v) is 14.1. The molecule has 0 radical (unpaired) electrons. The van der Waals surface area contributed by atoms with E-state index in [0.29, 0.717) is 5.56 Å². The van der Waals surface area contributed by atoms with E-state index in [9.17, 15) is 5.26 Å². The van der Waals surface area contributed by atoms with Crippen LogP contribution in [-0.4, -0.2) is 14.1 Å². The summed E-state index contributed by atoms with van der Waals surface area (Å²) in [7, 11) is 0. The minimum absolute atomic E-state index is 0.606. The molecule has 0 aliphatic rings. The van der Waals surface area contributed by atoms with Crippen LogP contribution in [0.1, 0.15) is 16.7 Å². The molecule has 0 saturated carbocycles. The van der Waals surface area contributed by atoms with Gasteiger partial charge in [-0.2, -0.15) is 5.26 Å². The molecule has 7 aromatic carbocycles. The van der Waals surface area contributed by atoms with Gasteiger partial charge in [-0.1, -0.05) is 132 Å². The number of benzene rings is 7. The van der Waals surface area contributed by atoms with E-state index in [1.807, 2.05) is 30.6 Å². The molecule has 10 rings (SSSR count). The highest BCUT2D eigenvalue weighted by Gasteiger charge is 2.23. The molecule has 0 unspecified atom stereocenters. The first-order chi connectivity index (χ1) is 26.6. The first-order valence-corrected chi connectivity index (χ1v) is 18.3. The summed E-state index contributed by atoms with van der Waals surface area (Å²) in [5, 5.41) is 14.8. The van der Waals surface area contributed by atoms with Crippen molar-refractivity contribution in [2.24, 2.45) is 0 Å². The van der Waals surface area contributed by atoms with Crippen molar-refractivity contribution in [3.05, 3.63) is 187 Å². The topological polar surface area (TPSA) is 46.5 Å². The Morgan fingerprint density at radius 2 is 0.889 bits per heavy atom. The Morgan fingerprint density at radius 1 is 0.426 bits per heavy atom. The average molecular weight is 691 g/mol. The van der Waals surface area contributed by atoms with Gasteiger partial charge in [0.1, 0.15) is 0 Å². The molecule has 0 amide bonds. The fourth-order valence-corrected chi connectivity index (χ4v) is 8.13. The summed E-state index contributed by atoms with van der Waals surface area (Å²) >= 11 is 0. The molecule has 0 aliphatic heterocycles. The molecule has 0 aliphatic carbocycles. The molecule has 0 N–H and O–H groups in total. The van der Waals surface area contributed by atoms with E-state index in [2.05, 4.69) is 169 Å². The summed E-state index contributed by atoms with van der Waals surface area (Å²) in [5.41, 5.74) is 15.9. The Hall–Kier alpha value is -7.22. The number of fused-ring (bicyclic) bond motifs is 6. The van der Waals surface area contributed by atoms with Crippen LogP contribution in [0.3, 0.4) is 0 Å². The fraction of sp³-hybridized carbons (Fsp3) is 0.0400. The maximum absolute atomic E-state index is 10.1. The smallest absolute Gasteiger partial charge is 0.0991 e. The first kappa shape index (κ1) is 31.5. The van der Waals surface area contributed by atoms with Crippen LogP contribution < -0.4 is 0 Å². The van der Waals surface area contributed by atoms with Crippen molar-refractivity contribution < 1.29 is 0 Å². The Balaban J connectivity index is 1.32. The van der Waals surface area contributed by atoms with Gasteiger partial charge in [-0.15, -0.1) is 0 Å². The zero-order chi connectivity index (χ0) is 36.3. The molecular formula is C50H34N4. The minimum atomic E-state index is 0.606. The maximum atomic E-state index is 10.1. The lowest BCUT2D eigenvalue weighted by Crippen LogP contribution is -2.05. The number of aryl methyl sites for hydroxylation is 2. The highest BCUT2D eigenvalue weighted by atomic mass is 15.0. The van der Waals surface area contributed by atoms with E-state index in [1.54, 1.807) is 0 Å². The van der Waals surface area contributed by atoms with E-state index in [0.717, 1.165) is 55.7 Å². The van der Waals surface area contributed by atoms with Crippen molar-refractivity contribution in [3.63, 3.8) is 0 Å². The Morgan fingerprint density at radius 3 is 1.39 bits per heavy atom. The second-order valence-electron chi connectivity index (χ2n) is 14.1. The summed E-state index contributed by atoms with van der Waals surface area (Å²) in [6.07, 6.45) is 3.96. The van der Waals surface area contributed by atoms with Gasteiger partial charge < -0.3 is 9.13 Å². The lowest BCUT2D eigenvalue weighted by molar-refractivity contribution is 1.09. The standard InChI is InChI=1S/C50H34N4/c1-32-14-18-35(19-15-32)37-22-24-42-40-10-3-5-12-44(40)53(46(42)27-37)48-30-52-31-49(50(48)39-9-7-8-34(26-39)29-51)54-45-13-6-4-11-41(45)43-25-23-38(28-47(43)54)36-20-16-33(2)17-21-36/h3-28,30-31H,1-2H3. The zero-order valence-corrected chi connectivity index (χ0v) is 30.0. The number of pyridine rings is 1. The lowest BCUT2D eigenvalue weighted by Gasteiger charge is -2.20. The number of nitriles is 1. The van der Waals surface area contributed by atoms with Crippen LogP contribution in [0.5, 0.6) is 0 Å². The third kappa shape index (κ3) is 5.02. The predicted molar refractivity (Wildman–Crippen MR) is 223 cm³/mol. The van der Waals surface area contributed by atoms with Crippen LogP contribution in [0.15, 0.2) is 170 Å². The first-order valence-electron chi connectivity index (χ1n) is 18.3. The van der Waals surface area contributed by atoms with Gasteiger partial charge in [0.15, 0.2) is 0 Å². The minimum Gasteiger partial charge on any atom is -0.307 e. The third-order valence-electron chi connectivity index (χ3n) is 10.8. The molecule has 10 aromatic rings. The monoisotopic (exact) mass is 690 g/mol. The molecular weight excluding hydrogens is 657 g/mol. The zero-order valence-electron chi connectivity index (χ0n) is 30.0. The van der Waals surface area contributed by atoms with E-state index >= 15 is 0 Å². The molecule has 0 spiro atoms. The van der Waals surface area contributed by atoms with E-state index in [1.165, 1.54) is 43.8 Å². The number of nitrogens with zero attached hydrogens (tertiary/aromatic N) is 4. The van der Waals surface area contributed by atoms with Gasteiger partial charge in [-0.3, -0.25) is 4.98 Å². The van der Waals surface area contributed by atoms with Crippen molar-refractivity contribution in [2.45, 2.75) is 13.8 Å². The van der Waals surface area contributed by atoms with Gasteiger partial charge in [0, 0.05) is 27.1 Å². The van der Waals surface area contributed by atoms with Crippen LogP contribution in [0.2, 0.25) is 0 Å². The molecule has 3 aromatic heterocycles. The van der Waals surface area contributed by atoms with E-state index in [-0.39, 0.29) is 0 Å². The number of aromatic nitrogens is 3. The van der Waals surface area contributed by atoms with Crippen molar-refractivity contribution in [1.82, 2.24) is 14.1 Å². The van der Waals surface area contributed by atoms with Crippen LogP contribution in [0.25, 0.3) is 88.4 Å². The fourth-order valence-electron chi connectivity index (χ4n) is 8.13. The molecule has 54 heavy (non-hydrogen) atoms. The van der Waals surface area contributed by atoms with Gasteiger partial charge in [-0.25, -0.2) is 0 Å². The molecule has 4 nitrogen and oxygen atoms in total. The van der Waals surface area contributed by atoms with Crippen LogP contribution in [0.4, 0.5) is 0 Å². The van der Waals surface area contributed by atoms with E-state index in [4.69, 9.17) is 4.98 Å². The highest BCUT2D eigenvalue weighted by molar-refractivity contribution is 6.13.